The number of nitrogens with one attached hydrogen (secondary N) is 2. The molecule has 134 valence electrons. The molecule has 0 spiro atoms. The third-order valence-corrected chi connectivity index (χ3v) is 5.39. The number of amides is 1. The van der Waals surface area contributed by atoms with Gasteiger partial charge < -0.3 is 15.4 Å². The van der Waals surface area contributed by atoms with E-state index in [-0.39, 0.29) is 16.8 Å². The quantitative estimate of drug-likeness (QED) is 0.566. The van der Waals surface area contributed by atoms with Gasteiger partial charge in [0, 0.05) is 18.3 Å². The van der Waals surface area contributed by atoms with Crippen molar-refractivity contribution < 1.29 is 17.9 Å². The van der Waals surface area contributed by atoms with Crippen molar-refractivity contribution in [3.63, 3.8) is 0 Å². The number of thioether (sulfide) groups is 1. The zero-order valence-electron chi connectivity index (χ0n) is 13.4. The highest BCUT2D eigenvalue weighted by Gasteiger charge is 2.14. The predicted molar refractivity (Wildman–Crippen MR) is 94.7 cm³/mol. The Bertz CT molecular complexity index is 629. The van der Waals surface area contributed by atoms with E-state index >= 15 is 0 Å². The molecule has 1 aliphatic heterocycles. The van der Waals surface area contributed by atoms with E-state index in [1.165, 1.54) is 23.9 Å². The van der Waals surface area contributed by atoms with Gasteiger partial charge in [0.1, 0.15) is 5.75 Å². The lowest BCUT2D eigenvalue weighted by Crippen LogP contribution is -2.46. The van der Waals surface area contributed by atoms with Gasteiger partial charge in [0.15, 0.2) is 0 Å². The molecule has 0 radical (unpaired) electrons. The van der Waals surface area contributed by atoms with Gasteiger partial charge in [-0.3, -0.25) is 4.79 Å². The Morgan fingerprint density at radius 3 is 2.75 bits per heavy atom. The molecule has 0 aliphatic carbocycles. The first-order chi connectivity index (χ1) is 11.4. The lowest BCUT2D eigenvalue weighted by Gasteiger charge is -2.23. The highest BCUT2D eigenvalue weighted by Crippen LogP contribution is 2.15. The molecule has 1 fully saturated rings. The van der Waals surface area contributed by atoms with Crippen LogP contribution in [0.1, 0.15) is 12.8 Å². The molecule has 1 atom stereocenters. The molecule has 1 saturated heterocycles. The fraction of sp³-hybridized carbons (Fsp3) is 0.533. The molecular weight excluding hydrogens is 350 g/mol. The number of carbonyl (C=O) groups excluding carboxylic acids is 1. The van der Waals surface area contributed by atoms with Crippen molar-refractivity contribution in [2.75, 3.05) is 31.2 Å². The summed E-state index contributed by atoms with van der Waals surface area (Å²) < 4.78 is 27.8. The molecule has 24 heavy (non-hydrogen) atoms. The minimum atomic E-state index is -3.68. The summed E-state index contributed by atoms with van der Waals surface area (Å²) in [4.78, 5) is 11.9. The minimum Gasteiger partial charge on any atom is -0.493 e. The SMILES string of the molecule is NS(=O)(=O)c1ccc(OCCSCC(=O)NC2CCCNC2)cc1. The number of ether oxygens (including phenoxy) is 1. The topological polar surface area (TPSA) is 111 Å². The molecule has 0 bridgehead atoms. The second kappa shape index (κ2) is 9.26. The van der Waals surface area contributed by atoms with Crippen molar-refractivity contribution in [2.45, 2.75) is 23.8 Å². The second-order valence-corrected chi connectivity index (χ2v) is 8.19. The maximum Gasteiger partial charge on any atom is 0.238 e. The van der Waals surface area contributed by atoms with Crippen molar-refractivity contribution in [1.29, 1.82) is 0 Å². The Hall–Kier alpha value is -1.29. The fourth-order valence-corrected chi connectivity index (χ4v) is 3.48. The first-order valence-electron chi connectivity index (χ1n) is 7.78. The lowest BCUT2D eigenvalue weighted by molar-refractivity contribution is -0.119. The molecule has 9 heteroatoms. The van der Waals surface area contributed by atoms with Gasteiger partial charge in [0.05, 0.1) is 17.3 Å². The van der Waals surface area contributed by atoms with E-state index in [4.69, 9.17) is 9.88 Å². The van der Waals surface area contributed by atoms with Crippen molar-refractivity contribution in [3.8, 4) is 5.75 Å². The van der Waals surface area contributed by atoms with Gasteiger partial charge in [-0.1, -0.05) is 0 Å². The molecule has 2 rings (SSSR count). The van der Waals surface area contributed by atoms with Crippen molar-refractivity contribution in [3.05, 3.63) is 24.3 Å². The Morgan fingerprint density at radius 1 is 1.38 bits per heavy atom. The van der Waals surface area contributed by atoms with Gasteiger partial charge in [-0.25, -0.2) is 13.6 Å². The summed E-state index contributed by atoms with van der Waals surface area (Å²) in [5.41, 5.74) is 0. The van der Waals surface area contributed by atoms with Crippen LogP contribution in [-0.4, -0.2) is 51.6 Å². The molecular formula is C15H23N3O4S2. The van der Waals surface area contributed by atoms with Crippen molar-refractivity contribution in [2.24, 2.45) is 5.14 Å². The summed E-state index contributed by atoms with van der Waals surface area (Å²) in [6, 6.07) is 6.17. The van der Waals surface area contributed by atoms with E-state index in [9.17, 15) is 13.2 Å². The molecule has 4 N–H and O–H groups in total. The first-order valence-corrected chi connectivity index (χ1v) is 10.5. The Kier molecular flexibility index (Phi) is 7.35. The summed E-state index contributed by atoms with van der Waals surface area (Å²) in [6.45, 7) is 2.31. The molecule has 7 nitrogen and oxygen atoms in total. The number of carbonyl (C=O) groups is 1. The van der Waals surface area contributed by atoms with Crippen LogP contribution in [-0.2, 0) is 14.8 Å². The van der Waals surface area contributed by atoms with Crippen molar-refractivity contribution >= 4 is 27.7 Å². The first kappa shape index (κ1) is 19.0. The summed E-state index contributed by atoms with van der Waals surface area (Å²) in [5.74, 6) is 1.70. The van der Waals surface area contributed by atoms with Crippen LogP contribution in [0.2, 0.25) is 0 Å². The van der Waals surface area contributed by atoms with Crippen LogP contribution in [0.25, 0.3) is 0 Å². The second-order valence-electron chi connectivity index (χ2n) is 5.53. The maximum absolute atomic E-state index is 11.8. The Labute approximate surface area is 146 Å². The normalized spacial score (nSPS) is 18.1. The molecule has 1 heterocycles. The van der Waals surface area contributed by atoms with Gasteiger partial charge in [-0.15, -0.1) is 11.8 Å². The van der Waals surface area contributed by atoms with E-state index in [0.717, 1.165) is 25.9 Å². The van der Waals surface area contributed by atoms with Crippen molar-refractivity contribution in [1.82, 2.24) is 10.6 Å². The largest absolute Gasteiger partial charge is 0.493 e. The van der Waals surface area contributed by atoms with Gasteiger partial charge in [-0.2, -0.15) is 0 Å². The number of hydrogen-bond donors (Lipinski definition) is 3. The average molecular weight is 374 g/mol. The van der Waals surface area contributed by atoms with Crippen LogP contribution in [0, 0.1) is 0 Å². The maximum atomic E-state index is 11.8. The number of benzene rings is 1. The van der Waals surface area contributed by atoms with Crippen LogP contribution < -0.4 is 20.5 Å². The van der Waals surface area contributed by atoms with Crippen LogP contribution in [0.15, 0.2) is 29.2 Å². The number of rotatable bonds is 8. The smallest absolute Gasteiger partial charge is 0.238 e. The monoisotopic (exact) mass is 373 g/mol. The van der Waals surface area contributed by atoms with E-state index in [0.29, 0.717) is 23.9 Å². The fourth-order valence-electron chi connectivity index (χ4n) is 2.35. The van der Waals surface area contributed by atoms with Gasteiger partial charge in [-0.05, 0) is 43.7 Å². The van der Waals surface area contributed by atoms with E-state index in [1.54, 1.807) is 12.1 Å². The minimum absolute atomic E-state index is 0.0474. The van der Waals surface area contributed by atoms with Gasteiger partial charge in [0.25, 0.3) is 0 Å². The molecule has 1 unspecified atom stereocenters. The standard InChI is InChI=1S/C15H23N3O4S2/c16-24(20,21)14-5-3-13(4-6-14)22-8-9-23-11-15(19)18-12-2-1-7-17-10-12/h3-6,12,17H,1-2,7-11H2,(H,18,19)(H2,16,20,21). The third-order valence-electron chi connectivity index (χ3n) is 3.54. The average Bonchev–Trinajstić information content (AvgIpc) is 2.55. The highest BCUT2D eigenvalue weighted by atomic mass is 32.2. The lowest BCUT2D eigenvalue weighted by atomic mass is 10.1. The molecule has 1 aromatic carbocycles. The van der Waals surface area contributed by atoms with Crippen LogP contribution in [0.4, 0.5) is 0 Å². The number of nitrogens with two attached hydrogens (primary N) is 1. The van der Waals surface area contributed by atoms with E-state index < -0.39 is 10.0 Å². The number of primary sulfonamides is 1. The van der Waals surface area contributed by atoms with E-state index in [1.807, 2.05) is 0 Å². The van der Waals surface area contributed by atoms with Gasteiger partial charge in [0.2, 0.25) is 15.9 Å². The third kappa shape index (κ3) is 6.68. The van der Waals surface area contributed by atoms with Crippen LogP contribution >= 0.6 is 11.8 Å². The molecule has 1 aliphatic rings. The van der Waals surface area contributed by atoms with E-state index in [2.05, 4.69) is 10.6 Å². The molecule has 0 saturated carbocycles. The summed E-state index contributed by atoms with van der Waals surface area (Å²) >= 11 is 1.50. The number of sulfonamides is 1. The predicted octanol–water partition coefficient (Wildman–Crippen LogP) is 0.314. The number of piperidine rings is 1. The zero-order chi connectivity index (χ0) is 17.4. The summed E-state index contributed by atoms with van der Waals surface area (Å²) in [7, 11) is -3.68. The molecule has 1 aromatic rings. The zero-order valence-corrected chi connectivity index (χ0v) is 15.0. The molecule has 0 aromatic heterocycles. The Balaban J connectivity index is 1.60. The molecule has 1 amide bonds. The number of hydrogen-bond acceptors (Lipinski definition) is 6. The highest BCUT2D eigenvalue weighted by molar-refractivity contribution is 7.99. The van der Waals surface area contributed by atoms with Gasteiger partial charge >= 0.3 is 0 Å². The summed E-state index contributed by atoms with van der Waals surface area (Å²) in [6.07, 6.45) is 2.12. The Morgan fingerprint density at radius 2 is 2.12 bits per heavy atom. The van der Waals surface area contributed by atoms with Crippen LogP contribution in [0.5, 0.6) is 5.75 Å². The summed E-state index contributed by atoms with van der Waals surface area (Å²) in [5, 5.41) is 11.3. The van der Waals surface area contributed by atoms with Crippen LogP contribution in [0.3, 0.4) is 0 Å².